The fourth-order valence-corrected chi connectivity index (χ4v) is 8.82. The molecule has 0 fully saturated rings. The number of carboxylic acids is 1. The van der Waals surface area contributed by atoms with Crippen molar-refractivity contribution in [2.45, 2.75) is 136 Å². The maximum Gasteiger partial charge on any atom is 0.122 e. The number of nitrogens with one attached hydrogen (secondary N) is 1. The molecule has 0 unspecified atom stereocenters. The van der Waals surface area contributed by atoms with Crippen molar-refractivity contribution in [3.63, 3.8) is 0 Å². The first-order valence-electron chi connectivity index (χ1n) is 15.8. The molecule has 6 heteroatoms. The largest absolute Gasteiger partial charge is 0.545 e. The first kappa shape index (κ1) is 34.5. The number of fused-ring (bicyclic) bond motifs is 1. The molecule has 0 aliphatic heterocycles. The van der Waals surface area contributed by atoms with Crippen LogP contribution in [-0.4, -0.2) is 46.5 Å². The van der Waals surface area contributed by atoms with Crippen LogP contribution in [0.2, 0.25) is 0 Å². The van der Waals surface area contributed by atoms with Crippen molar-refractivity contribution in [3.05, 3.63) is 23.8 Å². The van der Waals surface area contributed by atoms with Crippen molar-refractivity contribution >= 4 is 24.3 Å². The first-order chi connectivity index (χ1) is 18.5. The molecule has 0 amide bonds. The number of nitrogens with zero attached hydrogens (tertiary/aromatic N) is 2. The van der Waals surface area contributed by atoms with Crippen LogP contribution >= 0.6 is 7.26 Å². The molecule has 1 aromatic heterocycles. The summed E-state index contributed by atoms with van der Waals surface area (Å²) in [7, 11) is -0.636. The van der Waals surface area contributed by atoms with E-state index in [0.29, 0.717) is 11.0 Å². The first-order valence-corrected chi connectivity index (χ1v) is 18.6. The number of H-pyrrole nitrogens is 1. The van der Waals surface area contributed by atoms with Gasteiger partial charge in [-0.15, -0.1) is 0 Å². The number of aromatic amines is 1. The molecule has 1 N–H and O–H groups in total. The molecule has 0 atom stereocenters. The molecule has 0 saturated carbocycles. The van der Waals surface area contributed by atoms with Crippen LogP contribution in [0.3, 0.4) is 0 Å². The van der Waals surface area contributed by atoms with Gasteiger partial charge in [-0.05, 0) is 44.6 Å². The third-order valence-corrected chi connectivity index (χ3v) is 11.9. The highest BCUT2D eigenvalue weighted by molar-refractivity contribution is 7.75. The van der Waals surface area contributed by atoms with Gasteiger partial charge in [-0.3, -0.25) is 0 Å². The lowest BCUT2D eigenvalue weighted by atomic mass is 10.1. The summed E-state index contributed by atoms with van der Waals surface area (Å²) >= 11 is 0. The summed E-state index contributed by atoms with van der Waals surface area (Å²) in [4.78, 5) is 10.5. The number of aromatic carboxylic acids is 1. The Labute approximate surface area is 234 Å². The van der Waals surface area contributed by atoms with Gasteiger partial charge in [0.05, 0.1) is 24.5 Å². The van der Waals surface area contributed by atoms with Gasteiger partial charge in [-0.2, -0.15) is 15.4 Å². The maximum absolute atomic E-state index is 10.5. The maximum atomic E-state index is 10.5. The molecule has 38 heavy (non-hydrogen) atoms. The Balaban J connectivity index is 0.000000491. The Morgan fingerprint density at radius 3 is 1.53 bits per heavy atom. The molecular weight excluding hydrogens is 489 g/mol. The zero-order chi connectivity index (χ0) is 27.9. The normalized spacial score (nSPS) is 11.5. The second-order valence-corrected chi connectivity index (χ2v) is 16.0. The van der Waals surface area contributed by atoms with Crippen LogP contribution in [0.4, 0.5) is 0 Å². The molecule has 0 aliphatic carbocycles. The van der Waals surface area contributed by atoms with Crippen LogP contribution in [-0.2, 0) is 0 Å². The van der Waals surface area contributed by atoms with E-state index in [-0.39, 0.29) is 5.56 Å². The van der Waals surface area contributed by atoms with Gasteiger partial charge in [0.1, 0.15) is 11.0 Å². The smallest absolute Gasteiger partial charge is 0.122 e. The highest BCUT2D eigenvalue weighted by atomic mass is 31.2. The van der Waals surface area contributed by atoms with E-state index >= 15 is 0 Å². The summed E-state index contributed by atoms with van der Waals surface area (Å²) < 4.78 is 0. The van der Waals surface area contributed by atoms with Crippen molar-refractivity contribution in [1.29, 1.82) is 0 Å². The van der Waals surface area contributed by atoms with E-state index in [1.54, 1.807) is 30.6 Å². The summed E-state index contributed by atoms with van der Waals surface area (Å²) in [6.07, 6.45) is 31.2. The third-order valence-electron chi connectivity index (χ3n) is 7.72. The van der Waals surface area contributed by atoms with E-state index in [1.165, 1.54) is 122 Å². The SMILES string of the molecule is CCCCCCCC[P+](C)(CCCCCCCC)CCCCCCCC.O=C([O-])c1cccc2n[nH]nc12. The number of benzene rings is 1. The zero-order valence-electron chi connectivity index (χ0n) is 25.2. The van der Waals surface area contributed by atoms with Gasteiger partial charge < -0.3 is 9.90 Å². The number of carboxylic acid groups (broad SMARTS) is 1. The van der Waals surface area contributed by atoms with E-state index < -0.39 is 13.2 Å². The second kappa shape index (κ2) is 22.3. The topological polar surface area (TPSA) is 81.7 Å². The summed E-state index contributed by atoms with van der Waals surface area (Å²) in [6, 6.07) is 4.70. The molecular formula is C32H58N3O2P. The molecule has 218 valence electrons. The Bertz CT molecular complexity index is 798. The van der Waals surface area contributed by atoms with Gasteiger partial charge in [-0.25, -0.2) is 0 Å². The van der Waals surface area contributed by atoms with Crippen LogP contribution in [0.15, 0.2) is 18.2 Å². The lowest BCUT2D eigenvalue weighted by Crippen LogP contribution is -2.22. The van der Waals surface area contributed by atoms with Crippen LogP contribution in [0.5, 0.6) is 0 Å². The highest BCUT2D eigenvalue weighted by Gasteiger charge is 2.29. The third kappa shape index (κ3) is 15.8. The van der Waals surface area contributed by atoms with Crippen LogP contribution < -0.4 is 5.11 Å². The molecule has 0 spiro atoms. The summed E-state index contributed by atoms with van der Waals surface area (Å²) in [5.74, 6) is -1.24. The summed E-state index contributed by atoms with van der Waals surface area (Å²) in [6.45, 7) is 9.70. The number of para-hydroxylation sites is 1. The lowest BCUT2D eigenvalue weighted by molar-refractivity contribution is -0.254. The van der Waals surface area contributed by atoms with E-state index in [1.807, 2.05) is 0 Å². The van der Waals surface area contributed by atoms with E-state index in [0.717, 1.165) is 0 Å². The van der Waals surface area contributed by atoms with Gasteiger partial charge in [0.25, 0.3) is 0 Å². The Morgan fingerprint density at radius 2 is 1.11 bits per heavy atom. The predicted octanol–water partition coefficient (Wildman–Crippen LogP) is 9.04. The van der Waals surface area contributed by atoms with Crippen molar-refractivity contribution in [3.8, 4) is 0 Å². The van der Waals surface area contributed by atoms with E-state index in [2.05, 4.69) is 42.8 Å². The minimum absolute atomic E-state index is 0.0567. The number of unbranched alkanes of at least 4 members (excludes halogenated alkanes) is 15. The monoisotopic (exact) mass is 547 g/mol. The van der Waals surface area contributed by atoms with Crippen molar-refractivity contribution in [2.75, 3.05) is 25.2 Å². The Morgan fingerprint density at radius 1 is 0.684 bits per heavy atom. The number of hydrogen-bond donors (Lipinski definition) is 1. The highest BCUT2D eigenvalue weighted by Crippen LogP contribution is 2.57. The van der Waals surface area contributed by atoms with Gasteiger partial charge in [-0.1, -0.05) is 110 Å². The minimum atomic E-state index is -1.24. The molecule has 0 aliphatic rings. The van der Waals surface area contributed by atoms with Crippen molar-refractivity contribution in [1.82, 2.24) is 15.4 Å². The van der Waals surface area contributed by atoms with E-state index in [4.69, 9.17) is 0 Å². The van der Waals surface area contributed by atoms with Gasteiger partial charge in [0.15, 0.2) is 0 Å². The van der Waals surface area contributed by atoms with Gasteiger partial charge >= 0.3 is 0 Å². The predicted molar refractivity (Wildman–Crippen MR) is 166 cm³/mol. The quantitative estimate of drug-likeness (QED) is 0.118. The molecule has 2 aromatic rings. The molecule has 0 bridgehead atoms. The molecule has 0 saturated heterocycles. The second-order valence-electron chi connectivity index (χ2n) is 11.4. The number of carbonyl (C=O) groups excluding carboxylic acids is 1. The van der Waals surface area contributed by atoms with Crippen molar-refractivity contribution in [2.24, 2.45) is 0 Å². The number of aromatic nitrogens is 3. The average Bonchev–Trinajstić information content (AvgIpc) is 3.40. The fraction of sp³-hybridized carbons (Fsp3) is 0.781. The standard InChI is InChI=1S/C25H54P.C7H5N3O2/c1-5-8-11-14-17-20-23-26(4,24-21-18-15-12-9-6-2)25-22-19-16-13-10-7-3;11-7(12)4-2-1-3-5-6(4)9-10-8-5/h5-25H2,1-4H3;1-3H,(H,11,12)(H,8,9,10)/q+1;/p-1. The molecule has 5 nitrogen and oxygen atoms in total. The van der Waals surface area contributed by atoms with Crippen LogP contribution in [0, 0.1) is 0 Å². The Hall–Kier alpha value is -1.48. The van der Waals surface area contributed by atoms with Crippen LogP contribution in [0.1, 0.15) is 147 Å². The summed E-state index contributed by atoms with van der Waals surface area (Å²) in [5.41, 5.74) is 0.912. The average molecular weight is 548 g/mol. The van der Waals surface area contributed by atoms with E-state index in [9.17, 15) is 9.90 Å². The zero-order valence-corrected chi connectivity index (χ0v) is 26.1. The molecule has 1 heterocycles. The lowest BCUT2D eigenvalue weighted by Gasteiger charge is -2.24. The summed E-state index contributed by atoms with van der Waals surface area (Å²) in [5, 5.41) is 20.3. The molecule has 2 rings (SSSR count). The number of carbonyl (C=O) groups is 1. The number of hydrogen-bond acceptors (Lipinski definition) is 4. The minimum Gasteiger partial charge on any atom is -0.545 e. The fourth-order valence-electron chi connectivity index (χ4n) is 5.19. The molecule has 1 aromatic carbocycles. The van der Waals surface area contributed by atoms with Crippen LogP contribution in [0.25, 0.3) is 11.0 Å². The van der Waals surface area contributed by atoms with Crippen molar-refractivity contribution < 1.29 is 9.90 Å². The van der Waals surface area contributed by atoms with Gasteiger partial charge in [0, 0.05) is 19.5 Å². The molecule has 0 radical (unpaired) electrons. The number of rotatable bonds is 22. The van der Waals surface area contributed by atoms with Gasteiger partial charge in [0.2, 0.25) is 0 Å². The Kier molecular flexibility index (Phi) is 20.3.